The fraction of sp³-hybridized carbons (Fsp3) is 0.0500. The SMILES string of the molecule is NC(=O)c1cccc2c1c1[c]ccc(Cl)c1n2Cc1ccccc1Br. The van der Waals surface area contributed by atoms with Crippen LogP contribution in [0.5, 0.6) is 0 Å². The van der Waals surface area contributed by atoms with Crippen molar-refractivity contribution in [3.8, 4) is 0 Å². The Morgan fingerprint density at radius 1 is 1.16 bits per heavy atom. The number of carbonyl (C=O) groups excluding carboxylic acids is 1. The monoisotopic (exact) mass is 411 g/mol. The number of carbonyl (C=O) groups is 1. The Morgan fingerprint density at radius 3 is 2.72 bits per heavy atom. The molecule has 0 bridgehead atoms. The van der Waals surface area contributed by atoms with Gasteiger partial charge in [-0.2, -0.15) is 0 Å². The lowest BCUT2D eigenvalue weighted by Crippen LogP contribution is -2.11. The molecule has 1 aromatic heterocycles. The molecule has 3 aromatic carbocycles. The first-order valence-electron chi connectivity index (χ1n) is 7.72. The Bertz CT molecular complexity index is 1130. The smallest absolute Gasteiger partial charge is 0.249 e. The molecule has 0 spiro atoms. The van der Waals surface area contributed by atoms with Crippen molar-refractivity contribution < 1.29 is 4.79 Å². The Hall–Kier alpha value is -2.30. The molecular formula is C20H13BrClN2O. The van der Waals surface area contributed by atoms with Gasteiger partial charge in [0.15, 0.2) is 0 Å². The predicted molar refractivity (Wildman–Crippen MR) is 105 cm³/mol. The molecule has 5 heteroatoms. The van der Waals surface area contributed by atoms with Crippen molar-refractivity contribution in [3.63, 3.8) is 0 Å². The molecule has 4 aromatic rings. The molecule has 0 aliphatic heterocycles. The van der Waals surface area contributed by atoms with Crippen LogP contribution in [0.1, 0.15) is 15.9 Å². The standard InChI is InChI=1S/C20H13BrClN2O/c21-15-8-2-1-5-12(15)11-24-17-10-4-7-14(20(23)25)18(17)13-6-3-9-16(22)19(13)24/h1-5,7-10H,11H2,(H2,23,25). The summed E-state index contributed by atoms with van der Waals surface area (Å²) in [6.45, 7) is 0.612. The Kier molecular flexibility index (Phi) is 4.02. The van der Waals surface area contributed by atoms with Crippen molar-refractivity contribution in [2.75, 3.05) is 0 Å². The van der Waals surface area contributed by atoms with Crippen LogP contribution in [0.15, 0.2) is 59.1 Å². The molecule has 25 heavy (non-hydrogen) atoms. The van der Waals surface area contributed by atoms with E-state index in [0.717, 1.165) is 31.8 Å². The minimum Gasteiger partial charge on any atom is -0.366 e. The quantitative estimate of drug-likeness (QED) is 0.496. The molecule has 0 fully saturated rings. The van der Waals surface area contributed by atoms with E-state index in [9.17, 15) is 4.79 Å². The number of hydrogen-bond acceptors (Lipinski definition) is 1. The zero-order valence-electron chi connectivity index (χ0n) is 13.1. The van der Waals surface area contributed by atoms with Gasteiger partial charge >= 0.3 is 0 Å². The highest BCUT2D eigenvalue weighted by Crippen LogP contribution is 2.36. The Morgan fingerprint density at radius 2 is 1.96 bits per heavy atom. The summed E-state index contributed by atoms with van der Waals surface area (Å²) in [5, 5.41) is 2.22. The van der Waals surface area contributed by atoms with Crippen LogP contribution in [0.2, 0.25) is 5.02 Å². The van der Waals surface area contributed by atoms with E-state index in [-0.39, 0.29) is 0 Å². The van der Waals surface area contributed by atoms with Crippen molar-refractivity contribution in [2.45, 2.75) is 6.54 Å². The largest absolute Gasteiger partial charge is 0.366 e. The molecule has 0 saturated heterocycles. The highest BCUT2D eigenvalue weighted by atomic mass is 79.9. The van der Waals surface area contributed by atoms with Gasteiger partial charge in [0.05, 0.1) is 16.1 Å². The molecule has 0 aliphatic carbocycles. The van der Waals surface area contributed by atoms with E-state index >= 15 is 0 Å². The van der Waals surface area contributed by atoms with Gasteiger partial charge in [0.2, 0.25) is 5.91 Å². The molecule has 3 nitrogen and oxygen atoms in total. The number of hydrogen-bond donors (Lipinski definition) is 1. The maximum absolute atomic E-state index is 11.9. The summed E-state index contributed by atoms with van der Waals surface area (Å²) in [7, 11) is 0. The van der Waals surface area contributed by atoms with Crippen LogP contribution in [-0.2, 0) is 6.54 Å². The molecule has 123 valence electrons. The number of nitrogens with zero attached hydrogens (tertiary/aromatic N) is 1. The summed E-state index contributed by atoms with van der Waals surface area (Å²) < 4.78 is 3.13. The summed E-state index contributed by atoms with van der Waals surface area (Å²) in [4.78, 5) is 11.9. The van der Waals surface area contributed by atoms with Gasteiger partial charge in [-0.1, -0.05) is 57.9 Å². The Balaban J connectivity index is 2.10. The lowest BCUT2D eigenvalue weighted by Gasteiger charge is -2.10. The van der Waals surface area contributed by atoms with Crippen molar-refractivity contribution in [2.24, 2.45) is 5.73 Å². The number of amides is 1. The van der Waals surface area contributed by atoms with Gasteiger partial charge in [-0.15, -0.1) is 0 Å². The second-order valence-corrected chi connectivity index (χ2v) is 7.05. The van der Waals surface area contributed by atoms with Gasteiger partial charge in [-0.05, 0) is 35.9 Å². The second kappa shape index (κ2) is 6.21. The molecule has 1 amide bonds. The number of nitrogens with two attached hydrogens (primary N) is 1. The third-order valence-corrected chi connectivity index (χ3v) is 5.40. The topological polar surface area (TPSA) is 48.0 Å². The number of rotatable bonds is 3. The highest BCUT2D eigenvalue weighted by Gasteiger charge is 2.18. The van der Waals surface area contributed by atoms with Crippen LogP contribution < -0.4 is 5.73 Å². The molecule has 0 unspecified atom stereocenters. The molecule has 1 radical (unpaired) electrons. The number of halogens is 2. The molecular weight excluding hydrogens is 400 g/mol. The van der Waals surface area contributed by atoms with E-state index in [4.69, 9.17) is 17.3 Å². The highest BCUT2D eigenvalue weighted by molar-refractivity contribution is 9.10. The summed E-state index contributed by atoms with van der Waals surface area (Å²) in [6.07, 6.45) is 0. The van der Waals surface area contributed by atoms with E-state index in [1.54, 1.807) is 12.1 Å². The maximum atomic E-state index is 11.9. The summed E-state index contributed by atoms with van der Waals surface area (Å²) in [6, 6.07) is 20.4. The third-order valence-electron chi connectivity index (χ3n) is 4.33. The van der Waals surface area contributed by atoms with Crippen LogP contribution >= 0.6 is 27.5 Å². The van der Waals surface area contributed by atoms with E-state index in [1.807, 2.05) is 36.4 Å². The van der Waals surface area contributed by atoms with Crippen LogP contribution in [-0.4, -0.2) is 10.5 Å². The lowest BCUT2D eigenvalue weighted by molar-refractivity contribution is 0.100. The molecule has 0 saturated carbocycles. The summed E-state index contributed by atoms with van der Waals surface area (Å²) >= 11 is 10.1. The molecule has 0 atom stereocenters. The van der Waals surface area contributed by atoms with E-state index in [2.05, 4.69) is 32.6 Å². The van der Waals surface area contributed by atoms with Gasteiger partial charge in [-0.25, -0.2) is 0 Å². The van der Waals surface area contributed by atoms with Crippen LogP contribution in [0.3, 0.4) is 0 Å². The minimum atomic E-state index is -0.459. The molecule has 2 N–H and O–H groups in total. The van der Waals surface area contributed by atoms with Crippen LogP contribution in [0, 0.1) is 6.07 Å². The van der Waals surface area contributed by atoms with Gasteiger partial charge in [0, 0.05) is 27.4 Å². The summed E-state index contributed by atoms with van der Waals surface area (Å²) in [5.74, 6) is -0.459. The van der Waals surface area contributed by atoms with Crippen molar-refractivity contribution in [3.05, 3.63) is 81.3 Å². The zero-order chi connectivity index (χ0) is 17.6. The van der Waals surface area contributed by atoms with Crippen LogP contribution in [0.25, 0.3) is 21.8 Å². The van der Waals surface area contributed by atoms with Crippen molar-refractivity contribution in [1.29, 1.82) is 0 Å². The first-order valence-corrected chi connectivity index (χ1v) is 8.89. The number of aromatic nitrogens is 1. The molecule has 4 rings (SSSR count). The number of primary amides is 1. The zero-order valence-corrected chi connectivity index (χ0v) is 15.4. The number of fused-ring (bicyclic) bond motifs is 3. The van der Waals surface area contributed by atoms with Gasteiger partial charge in [0.1, 0.15) is 0 Å². The van der Waals surface area contributed by atoms with Crippen molar-refractivity contribution >= 4 is 55.2 Å². The van der Waals surface area contributed by atoms with E-state index in [0.29, 0.717) is 17.1 Å². The third kappa shape index (κ3) is 2.62. The number of benzene rings is 3. The van der Waals surface area contributed by atoms with E-state index < -0.39 is 5.91 Å². The second-order valence-electron chi connectivity index (χ2n) is 5.79. The average molecular weight is 413 g/mol. The fourth-order valence-corrected chi connectivity index (χ4v) is 3.90. The van der Waals surface area contributed by atoms with Gasteiger partial charge in [-0.3, -0.25) is 4.79 Å². The average Bonchev–Trinajstić information content (AvgIpc) is 2.92. The Labute approximate surface area is 158 Å². The fourth-order valence-electron chi connectivity index (χ4n) is 3.23. The van der Waals surface area contributed by atoms with Crippen LogP contribution in [0.4, 0.5) is 0 Å². The van der Waals surface area contributed by atoms with Gasteiger partial charge < -0.3 is 10.3 Å². The lowest BCUT2D eigenvalue weighted by atomic mass is 10.1. The maximum Gasteiger partial charge on any atom is 0.249 e. The summed E-state index contributed by atoms with van der Waals surface area (Å²) in [5.41, 5.74) is 8.95. The van der Waals surface area contributed by atoms with Gasteiger partial charge in [0.25, 0.3) is 0 Å². The molecule has 1 heterocycles. The minimum absolute atomic E-state index is 0.459. The van der Waals surface area contributed by atoms with Crippen molar-refractivity contribution in [1.82, 2.24) is 4.57 Å². The van der Waals surface area contributed by atoms with E-state index in [1.165, 1.54) is 0 Å². The predicted octanol–water partition coefficient (Wildman–Crippen LogP) is 5.16. The molecule has 0 aliphatic rings. The first kappa shape index (κ1) is 16.2. The normalized spacial score (nSPS) is 11.3. The first-order chi connectivity index (χ1) is 12.1.